The lowest BCUT2D eigenvalue weighted by atomic mass is 11.2. The zero-order valence-corrected chi connectivity index (χ0v) is 7.05. The van der Waals surface area contributed by atoms with Crippen molar-refractivity contribution in [1.82, 2.24) is 5.32 Å². The molecule has 0 radical (unpaired) electrons. The molecule has 0 saturated carbocycles. The summed E-state index contributed by atoms with van der Waals surface area (Å²) in [6.07, 6.45) is 0. The first-order chi connectivity index (χ1) is 4.69. The molecule has 0 spiro atoms. The van der Waals surface area contributed by atoms with E-state index in [1.165, 1.54) is 0 Å². The Morgan fingerprint density at radius 2 is 1.36 bits per heavy atom. The van der Waals surface area contributed by atoms with Gasteiger partial charge in [0.05, 0.1) is 0 Å². The van der Waals surface area contributed by atoms with Gasteiger partial charge in [-0.25, -0.2) is 0 Å². The zero-order chi connectivity index (χ0) is 9.28. The van der Waals surface area contributed by atoms with Gasteiger partial charge in [0, 0.05) is 0 Å². The summed E-state index contributed by atoms with van der Waals surface area (Å²) in [6, 6.07) is 0. The summed E-state index contributed by atoms with van der Waals surface area (Å²) in [5.74, 6) is 0. The molecule has 0 heterocycles. The highest BCUT2D eigenvalue weighted by Gasteiger charge is 2.33. The van der Waals surface area contributed by atoms with E-state index < -0.39 is 24.9 Å². The standard InChI is InChI=1S/C2H7NO6S2/c1-3-2(10(4,5)6)11(7,8)9/h2-3H,1H3,(H,4,5,6)(H,7,8,9). The summed E-state index contributed by atoms with van der Waals surface area (Å²) in [5, 5.41) is 1.71. The monoisotopic (exact) mass is 205 g/mol. The number of hydrogen-bond acceptors (Lipinski definition) is 5. The highest BCUT2D eigenvalue weighted by molar-refractivity contribution is 8.03. The predicted molar refractivity (Wildman–Crippen MR) is 35.9 cm³/mol. The van der Waals surface area contributed by atoms with Gasteiger partial charge in [0.15, 0.2) is 0 Å². The molecule has 0 saturated heterocycles. The molecule has 0 amide bonds. The summed E-state index contributed by atoms with van der Waals surface area (Å²) in [7, 11) is -8.68. The third-order valence-electron chi connectivity index (χ3n) is 0.777. The Bertz CT molecular complexity index is 280. The van der Waals surface area contributed by atoms with Crippen LogP contribution < -0.4 is 5.32 Å². The van der Waals surface area contributed by atoms with Crippen LogP contribution in [0.3, 0.4) is 0 Å². The Morgan fingerprint density at radius 3 is 1.36 bits per heavy atom. The van der Waals surface area contributed by atoms with Crippen LogP contribution >= 0.6 is 0 Å². The van der Waals surface area contributed by atoms with Crippen molar-refractivity contribution in [1.29, 1.82) is 0 Å². The summed E-state index contributed by atoms with van der Waals surface area (Å²) < 4.78 is 54.6. The van der Waals surface area contributed by atoms with Gasteiger partial charge in [0.1, 0.15) is 0 Å². The van der Waals surface area contributed by atoms with Crippen LogP contribution in [0, 0.1) is 0 Å². The van der Waals surface area contributed by atoms with Crippen LogP contribution in [0.5, 0.6) is 0 Å². The predicted octanol–water partition coefficient (Wildman–Crippen LogP) is -1.73. The van der Waals surface area contributed by atoms with Crippen LogP contribution in [-0.2, 0) is 20.2 Å². The van der Waals surface area contributed by atoms with E-state index in [-0.39, 0.29) is 0 Å². The fourth-order valence-electron chi connectivity index (χ4n) is 0.452. The second-order valence-corrected chi connectivity index (χ2v) is 4.95. The normalized spacial score (nSPS) is 13.8. The minimum atomic E-state index is -4.82. The third kappa shape index (κ3) is 3.12. The molecule has 0 fully saturated rings. The smallest absolute Gasteiger partial charge is 0.287 e. The molecule has 68 valence electrons. The molecule has 0 rings (SSSR count). The second kappa shape index (κ2) is 3.03. The number of hydrogen-bond donors (Lipinski definition) is 3. The molecular formula is C2H7NO6S2. The Balaban J connectivity index is 5.05. The lowest BCUT2D eigenvalue weighted by Crippen LogP contribution is -2.40. The van der Waals surface area contributed by atoms with Crippen molar-refractivity contribution in [2.75, 3.05) is 7.05 Å². The Labute approximate surface area is 63.9 Å². The van der Waals surface area contributed by atoms with E-state index in [0.717, 1.165) is 7.05 Å². The fourth-order valence-corrected chi connectivity index (χ4v) is 2.28. The number of rotatable bonds is 3. The maximum Gasteiger partial charge on any atom is 0.298 e. The average Bonchev–Trinajstić information content (AvgIpc) is 1.56. The van der Waals surface area contributed by atoms with Crippen LogP contribution in [0.1, 0.15) is 0 Å². The van der Waals surface area contributed by atoms with Crippen LogP contribution in [0.2, 0.25) is 0 Å². The maximum atomic E-state index is 10.2. The summed E-state index contributed by atoms with van der Waals surface area (Å²) in [4.78, 5) is 0. The van der Waals surface area contributed by atoms with E-state index in [4.69, 9.17) is 9.11 Å². The first-order valence-corrected chi connectivity index (χ1v) is 5.30. The number of nitrogens with one attached hydrogen (secondary N) is 1. The molecule has 7 nitrogen and oxygen atoms in total. The highest BCUT2D eigenvalue weighted by atomic mass is 32.3. The van der Waals surface area contributed by atoms with Gasteiger partial charge >= 0.3 is 0 Å². The Kier molecular flexibility index (Phi) is 2.97. The van der Waals surface area contributed by atoms with Gasteiger partial charge in [0.25, 0.3) is 24.9 Å². The van der Waals surface area contributed by atoms with Gasteiger partial charge in [-0.1, -0.05) is 0 Å². The molecule has 0 atom stereocenters. The topological polar surface area (TPSA) is 121 Å². The molecule has 0 aliphatic rings. The molecule has 0 aromatic carbocycles. The fraction of sp³-hybridized carbons (Fsp3) is 1.00. The second-order valence-electron chi connectivity index (χ2n) is 1.65. The van der Waals surface area contributed by atoms with E-state index in [2.05, 4.69) is 0 Å². The molecule has 0 aromatic rings. The van der Waals surface area contributed by atoms with Gasteiger partial charge in [0.2, 0.25) is 0 Å². The summed E-state index contributed by atoms with van der Waals surface area (Å²) in [6.45, 7) is 0. The van der Waals surface area contributed by atoms with E-state index in [9.17, 15) is 16.8 Å². The average molecular weight is 205 g/mol. The van der Waals surface area contributed by atoms with Crippen molar-refractivity contribution in [3.8, 4) is 0 Å². The van der Waals surface area contributed by atoms with Gasteiger partial charge in [-0.2, -0.15) is 16.8 Å². The summed E-state index contributed by atoms with van der Waals surface area (Å²) >= 11 is 0. The molecule has 9 heteroatoms. The van der Waals surface area contributed by atoms with Gasteiger partial charge in [-0.05, 0) is 7.05 Å². The van der Waals surface area contributed by atoms with Crippen molar-refractivity contribution < 1.29 is 25.9 Å². The van der Waals surface area contributed by atoms with E-state index in [1.807, 2.05) is 0 Å². The first-order valence-electron chi connectivity index (χ1n) is 2.29. The summed E-state index contributed by atoms with van der Waals surface area (Å²) in [5.41, 5.74) is 0. The van der Waals surface area contributed by atoms with Crippen molar-refractivity contribution in [3.63, 3.8) is 0 Å². The highest BCUT2D eigenvalue weighted by Crippen LogP contribution is 2.00. The minimum Gasteiger partial charge on any atom is -0.287 e. The van der Waals surface area contributed by atoms with E-state index in [1.54, 1.807) is 5.32 Å². The van der Waals surface area contributed by atoms with E-state index >= 15 is 0 Å². The largest absolute Gasteiger partial charge is 0.298 e. The molecule has 11 heavy (non-hydrogen) atoms. The van der Waals surface area contributed by atoms with Gasteiger partial charge in [-0.15, -0.1) is 0 Å². The van der Waals surface area contributed by atoms with Crippen molar-refractivity contribution in [2.24, 2.45) is 0 Å². The van der Waals surface area contributed by atoms with Crippen molar-refractivity contribution in [3.05, 3.63) is 0 Å². The van der Waals surface area contributed by atoms with Gasteiger partial charge in [-0.3, -0.25) is 14.4 Å². The third-order valence-corrected chi connectivity index (χ3v) is 3.79. The first kappa shape index (κ1) is 10.8. The maximum absolute atomic E-state index is 10.2. The van der Waals surface area contributed by atoms with Crippen LogP contribution in [0.4, 0.5) is 0 Å². The molecular weight excluding hydrogens is 198 g/mol. The molecule has 3 N–H and O–H groups in total. The SMILES string of the molecule is CNC(S(=O)(=O)O)S(=O)(=O)O. The molecule has 0 unspecified atom stereocenters. The van der Waals surface area contributed by atoms with E-state index in [0.29, 0.717) is 0 Å². The van der Waals surface area contributed by atoms with Crippen LogP contribution in [-0.4, -0.2) is 37.7 Å². The molecule has 0 aliphatic heterocycles. The quantitative estimate of drug-likeness (QED) is 0.468. The van der Waals surface area contributed by atoms with Crippen LogP contribution in [0.25, 0.3) is 0 Å². The van der Waals surface area contributed by atoms with Crippen LogP contribution in [0.15, 0.2) is 0 Å². The van der Waals surface area contributed by atoms with Gasteiger partial charge < -0.3 is 0 Å². The Hall–Kier alpha value is -0.220. The molecule has 0 bridgehead atoms. The minimum absolute atomic E-state index is 0.964. The Morgan fingerprint density at radius 1 is 1.09 bits per heavy atom. The lowest BCUT2D eigenvalue weighted by Gasteiger charge is -2.07. The molecule has 0 aromatic heterocycles. The van der Waals surface area contributed by atoms with Crippen molar-refractivity contribution >= 4 is 20.2 Å². The molecule has 0 aliphatic carbocycles. The lowest BCUT2D eigenvalue weighted by molar-refractivity contribution is 0.447. The zero-order valence-electron chi connectivity index (χ0n) is 5.42. The van der Waals surface area contributed by atoms with Crippen molar-refractivity contribution in [2.45, 2.75) is 4.71 Å².